The minimum atomic E-state index is -1.51. The van der Waals surface area contributed by atoms with Crippen molar-refractivity contribution < 1.29 is 33.5 Å². The fraction of sp³-hybridized carbons (Fsp3) is 0.571. The van der Waals surface area contributed by atoms with Crippen molar-refractivity contribution in [1.82, 2.24) is 16.0 Å². The molecule has 2 unspecified atom stereocenters. The Morgan fingerprint density at radius 2 is 1.44 bits per heavy atom. The molecule has 0 aliphatic heterocycles. The summed E-state index contributed by atoms with van der Waals surface area (Å²) >= 11 is 0. The largest absolute Gasteiger partial charge is 0.390 e. The summed E-state index contributed by atoms with van der Waals surface area (Å²) in [7, 11) is 0. The van der Waals surface area contributed by atoms with E-state index in [0.717, 1.165) is 0 Å². The molecule has 152 valence electrons. The molecule has 0 heterocycles. The van der Waals surface area contributed by atoms with Crippen molar-refractivity contribution >= 4 is 35.6 Å². The van der Waals surface area contributed by atoms with E-state index in [4.69, 9.17) is 17.2 Å². The lowest BCUT2D eigenvalue weighted by molar-refractivity contribution is -0.162. The number of primary amides is 1. The summed E-state index contributed by atoms with van der Waals surface area (Å²) in [5.41, 5.74) is 15.6. The summed E-state index contributed by atoms with van der Waals surface area (Å²) in [5.74, 6) is -5.38. The van der Waals surface area contributed by atoms with Crippen LogP contribution in [0.3, 0.4) is 0 Å². The highest BCUT2D eigenvalue weighted by molar-refractivity contribution is 5.96. The van der Waals surface area contributed by atoms with E-state index in [1.54, 1.807) is 0 Å². The summed E-state index contributed by atoms with van der Waals surface area (Å²) in [5, 5.41) is 6.44. The average molecular weight is 388 g/mol. The van der Waals surface area contributed by atoms with Crippen LogP contribution < -0.4 is 33.2 Å². The first kappa shape index (κ1) is 23.9. The Kier molecular flexibility index (Phi) is 10.2. The number of nitrogens with two attached hydrogens (primary N) is 3. The third kappa shape index (κ3) is 10.5. The molecule has 0 aromatic rings. The van der Waals surface area contributed by atoms with Crippen molar-refractivity contribution in [3.8, 4) is 0 Å². The molecule has 0 bridgehead atoms. The molecular formula is C14H24N6O7. The van der Waals surface area contributed by atoms with Crippen molar-refractivity contribution in [3.05, 3.63) is 0 Å². The molecule has 0 aliphatic carbocycles. The second-order valence-corrected chi connectivity index (χ2v) is 5.60. The van der Waals surface area contributed by atoms with Crippen molar-refractivity contribution in [2.45, 2.75) is 38.4 Å². The van der Waals surface area contributed by atoms with Gasteiger partial charge in [-0.05, 0) is 13.8 Å². The van der Waals surface area contributed by atoms with Crippen molar-refractivity contribution in [2.75, 3.05) is 13.1 Å². The second kappa shape index (κ2) is 11.5. The van der Waals surface area contributed by atoms with Crippen LogP contribution in [0.15, 0.2) is 0 Å². The lowest BCUT2D eigenvalue weighted by Gasteiger charge is -2.17. The summed E-state index contributed by atoms with van der Waals surface area (Å²) in [4.78, 5) is 68.7. The Balaban J connectivity index is 4.51. The average Bonchev–Trinajstić information content (AvgIpc) is 2.56. The van der Waals surface area contributed by atoms with Crippen LogP contribution in [0.5, 0.6) is 0 Å². The maximum atomic E-state index is 11.9. The van der Waals surface area contributed by atoms with Crippen LogP contribution in [0.2, 0.25) is 0 Å². The van der Waals surface area contributed by atoms with Gasteiger partial charge in [-0.2, -0.15) is 0 Å². The number of hydrogen-bond acceptors (Lipinski definition) is 9. The first-order chi connectivity index (χ1) is 12.4. The molecule has 0 rings (SSSR count). The first-order valence-corrected chi connectivity index (χ1v) is 7.82. The monoisotopic (exact) mass is 388 g/mol. The van der Waals surface area contributed by atoms with Crippen LogP contribution in [0.4, 0.5) is 0 Å². The van der Waals surface area contributed by atoms with Crippen LogP contribution in [0, 0.1) is 0 Å². The lowest BCUT2D eigenvalue weighted by Crippen LogP contribution is -2.50. The van der Waals surface area contributed by atoms with Gasteiger partial charge in [-0.1, -0.05) is 0 Å². The summed E-state index contributed by atoms with van der Waals surface area (Å²) < 4.78 is 4.45. The summed E-state index contributed by atoms with van der Waals surface area (Å²) in [6.45, 7) is 1.63. The molecular weight excluding hydrogens is 364 g/mol. The Hall–Kier alpha value is -3.06. The van der Waals surface area contributed by atoms with Gasteiger partial charge in [0, 0.05) is 0 Å². The molecule has 0 aliphatic rings. The molecule has 4 amide bonds. The molecule has 9 N–H and O–H groups in total. The van der Waals surface area contributed by atoms with E-state index in [1.165, 1.54) is 13.8 Å². The second-order valence-electron chi connectivity index (χ2n) is 5.60. The van der Waals surface area contributed by atoms with E-state index >= 15 is 0 Å². The molecule has 0 saturated heterocycles. The Morgan fingerprint density at radius 1 is 0.889 bits per heavy atom. The van der Waals surface area contributed by atoms with Gasteiger partial charge in [0.25, 0.3) is 0 Å². The summed E-state index contributed by atoms with van der Waals surface area (Å²) in [6.07, 6.45) is -0.611. The van der Waals surface area contributed by atoms with Crippen molar-refractivity contribution in [1.29, 1.82) is 0 Å². The SMILES string of the molecule is CC(N)C(=O)NCC(=O)NCC(=O)OC(=O)[C@H](CC(N)=O)NC(=O)C(C)N. The number of nitrogens with one attached hydrogen (secondary N) is 3. The number of hydrogen-bond donors (Lipinski definition) is 6. The fourth-order valence-corrected chi connectivity index (χ4v) is 1.48. The topological polar surface area (TPSA) is 226 Å². The van der Waals surface area contributed by atoms with Crippen molar-refractivity contribution in [3.63, 3.8) is 0 Å². The van der Waals surface area contributed by atoms with Gasteiger partial charge >= 0.3 is 11.9 Å². The highest BCUT2D eigenvalue weighted by Gasteiger charge is 2.27. The maximum Gasteiger partial charge on any atom is 0.336 e. The maximum absolute atomic E-state index is 11.9. The molecule has 0 fully saturated rings. The minimum absolute atomic E-state index is 0.434. The molecule has 0 saturated carbocycles. The number of carbonyl (C=O) groups excluding carboxylic acids is 6. The Labute approximate surface area is 154 Å². The molecule has 0 spiro atoms. The Morgan fingerprint density at radius 3 is 1.93 bits per heavy atom. The highest BCUT2D eigenvalue weighted by atomic mass is 16.6. The number of carbonyl (C=O) groups is 6. The van der Waals surface area contributed by atoms with E-state index in [2.05, 4.69) is 20.7 Å². The molecule has 0 radical (unpaired) electrons. The van der Waals surface area contributed by atoms with E-state index in [-0.39, 0.29) is 0 Å². The van der Waals surface area contributed by atoms with E-state index < -0.39 is 73.2 Å². The van der Waals surface area contributed by atoms with Gasteiger partial charge in [-0.25, -0.2) is 9.59 Å². The smallest absolute Gasteiger partial charge is 0.336 e. The van der Waals surface area contributed by atoms with Gasteiger partial charge in [-0.3, -0.25) is 19.2 Å². The van der Waals surface area contributed by atoms with Crippen LogP contribution in [-0.4, -0.2) is 66.8 Å². The van der Waals surface area contributed by atoms with E-state index in [0.29, 0.717) is 0 Å². The van der Waals surface area contributed by atoms with E-state index in [1.807, 2.05) is 0 Å². The normalized spacial score (nSPS) is 13.5. The molecule has 27 heavy (non-hydrogen) atoms. The van der Waals surface area contributed by atoms with Crippen LogP contribution in [0.1, 0.15) is 20.3 Å². The van der Waals surface area contributed by atoms with Crippen LogP contribution in [-0.2, 0) is 33.5 Å². The predicted octanol–water partition coefficient (Wildman–Crippen LogP) is -4.66. The molecule has 0 aromatic heterocycles. The van der Waals surface area contributed by atoms with Gasteiger partial charge in [0.05, 0.1) is 25.0 Å². The zero-order valence-electron chi connectivity index (χ0n) is 14.9. The number of ether oxygens (including phenoxy) is 1. The third-order valence-electron chi connectivity index (χ3n) is 2.90. The quantitative estimate of drug-likeness (QED) is 0.156. The van der Waals surface area contributed by atoms with Gasteiger partial charge in [0.2, 0.25) is 23.6 Å². The molecule has 13 heteroatoms. The van der Waals surface area contributed by atoms with Gasteiger partial charge in [0.15, 0.2) is 0 Å². The highest BCUT2D eigenvalue weighted by Crippen LogP contribution is 1.97. The number of amides is 4. The van der Waals surface area contributed by atoms with Gasteiger partial charge in [-0.15, -0.1) is 0 Å². The fourth-order valence-electron chi connectivity index (χ4n) is 1.48. The van der Waals surface area contributed by atoms with Crippen molar-refractivity contribution in [2.24, 2.45) is 17.2 Å². The van der Waals surface area contributed by atoms with Crippen LogP contribution in [0.25, 0.3) is 0 Å². The first-order valence-electron chi connectivity index (χ1n) is 7.82. The van der Waals surface area contributed by atoms with Crippen LogP contribution >= 0.6 is 0 Å². The van der Waals surface area contributed by atoms with E-state index in [9.17, 15) is 28.8 Å². The molecule has 3 atom stereocenters. The molecule has 0 aromatic carbocycles. The molecule has 13 nitrogen and oxygen atoms in total. The number of rotatable bonds is 10. The minimum Gasteiger partial charge on any atom is -0.390 e. The van der Waals surface area contributed by atoms with Gasteiger partial charge in [0.1, 0.15) is 12.6 Å². The predicted molar refractivity (Wildman–Crippen MR) is 90.2 cm³/mol. The summed E-state index contributed by atoms with van der Waals surface area (Å²) in [6, 6.07) is -3.30. The Bertz CT molecular complexity index is 605. The standard InChI is InChI=1S/C14H24N6O7/c1-6(15)12(24)19-4-10(22)18-5-11(23)27-14(26)8(3-9(17)21)20-13(25)7(2)16/h6-8H,3-5,15-16H2,1-2H3,(H2,17,21)(H,18,22)(H,19,24)(H,20,25)/t6?,7?,8-/m0/s1. The number of esters is 2. The zero-order chi connectivity index (χ0) is 21.1. The lowest BCUT2D eigenvalue weighted by atomic mass is 10.2. The van der Waals surface area contributed by atoms with Gasteiger partial charge < -0.3 is 37.9 Å². The zero-order valence-corrected chi connectivity index (χ0v) is 14.9. The third-order valence-corrected chi connectivity index (χ3v) is 2.90.